The highest BCUT2D eigenvalue weighted by Gasteiger charge is 2.36. The molecule has 1 N–H and O–H groups in total. The van der Waals surface area contributed by atoms with E-state index >= 15 is 0 Å². The first-order valence-electron chi connectivity index (χ1n) is 13.8. The molecule has 3 heterocycles. The van der Waals surface area contributed by atoms with Crippen LogP contribution in [0.15, 0.2) is 72.0 Å². The zero-order valence-corrected chi connectivity index (χ0v) is 23.0. The van der Waals surface area contributed by atoms with Gasteiger partial charge in [0.05, 0.1) is 16.6 Å². The molecule has 1 aliphatic carbocycles. The van der Waals surface area contributed by atoms with Crippen LogP contribution in [0.4, 0.5) is 4.39 Å². The first-order valence-corrected chi connectivity index (χ1v) is 15.3. The minimum atomic E-state index is -3.93. The van der Waals surface area contributed by atoms with Crippen LogP contribution in [0.3, 0.4) is 0 Å². The van der Waals surface area contributed by atoms with Crippen molar-refractivity contribution in [2.75, 3.05) is 13.1 Å². The van der Waals surface area contributed by atoms with E-state index in [0.29, 0.717) is 18.5 Å². The van der Waals surface area contributed by atoms with E-state index in [0.717, 1.165) is 43.2 Å². The SMILES string of the molecule is O=C1NC=CN(S(=O)(=O)c2ccccc2)C1Cc1cn([C@@H]2CCCc3cc(CN4CCC(F)CC4)ccc32)nn1. The number of aromatic nitrogens is 3. The van der Waals surface area contributed by atoms with Gasteiger partial charge in [0.2, 0.25) is 5.91 Å². The third kappa shape index (κ3) is 5.40. The molecule has 2 atom stereocenters. The Labute approximate surface area is 233 Å². The highest BCUT2D eigenvalue weighted by molar-refractivity contribution is 7.89. The molecule has 210 valence electrons. The monoisotopic (exact) mass is 564 g/mol. The van der Waals surface area contributed by atoms with Crippen molar-refractivity contribution in [2.45, 2.75) is 68.2 Å². The highest BCUT2D eigenvalue weighted by atomic mass is 32.2. The van der Waals surface area contributed by atoms with Crippen LogP contribution in [-0.4, -0.2) is 63.8 Å². The molecule has 1 unspecified atom stereocenters. The molecule has 9 nitrogen and oxygen atoms in total. The second-order valence-corrected chi connectivity index (χ2v) is 12.6. The first-order chi connectivity index (χ1) is 19.4. The normalized spacial score (nSPS) is 22.2. The maximum atomic E-state index is 13.5. The summed E-state index contributed by atoms with van der Waals surface area (Å²) in [5.41, 5.74) is 4.29. The maximum absolute atomic E-state index is 13.5. The average molecular weight is 565 g/mol. The lowest BCUT2D eigenvalue weighted by atomic mass is 9.86. The summed E-state index contributed by atoms with van der Waals surface area (Å²) in [7, 11) is -3.93. The standard InChI is InChI=1S/C29H33FN6O3S/c30-23-11-14-34(15-12-23)19-21-9-10-26-22(17-21)5-4-8-27(26)35-20-24(32-33-35)18-28-29(37)31-13-16-36(28)40(38,39)25-6-2-1-3-7-25/h1-3,6-7,9-10,13,16-17,20,23,27-28H,4-5,8,11-12,14-15,18-19H2,(H,31,37)/t27-,28?/m1/s1. The molecule has 40 heavy (non-hydrogen) atoms. The van der Waals surface area contributed by atoms with Crippen LogP contribution in [-0.2, 0) is 34.2 Å². The lowest BCUT2D eigenvalue weighted by Crippen LogP contribution is -2.50. The molecule has 3 aromatic rings. The van der Waals surface area contributed by atoms with Gasteiger partial charge in [-0.2, -0.15) is 0 Å². The van der Waals surface area contributed by atoms with Crippen molar-refractivity contribution < 1.29 is 17.6 Å². The number of sulfonamides is 1. The van der Waals surface area contributed by atoms with Crippen LogP contribution >= 0.6 is 0 Å². The molecule has 6 rings (SSSR count). The smallest absolute Gasteiger partial charge is 0.264 e. The Hall–Kier alpha value is -3.57. The Kier molecular flexibility index (Phi) is 7.41. The van der Waals surface area contributed by atoms with Gasteiger partial charge in [-0.15, -0.1) is 5.10 Å². The molecular weight excluding hydrogens is 531 g/mol. The number of piperidine rings is 1. The average Bonchev–Trinajstić information content (AvgIpc) is 3.44. The maximum Gasteiger partial charge on any atom is 0.264 e. The third-order valence-electron chi connectivity index (χ3n) is 8.07. The van der Waals surface area contributed by atoms with E-state index in [9.17, 15) is 17.6 Å². The number of likely N-dealkylation sites (tertiary alicyclic amines) is 1. The van der Waals surface area contributed by atoms with Gasteiger partial charge in [0.25, 0.3) is 10.0 Å². The molecule has 1 aromatic heterocycles. The molecule has 1 saturated heterocycles. The number of aryl methyl sites for hydroxylation is 1. The summed E-state index contributed by atoms with van der Waals surface area (Å²) in [6.45, 7) is 2.42. The summed E-state index contributed by atoms with van der Waals surface area (Å²) in [5.74, 6) is -0.414. The summed E-state index contributed by atoms with van der Waals surface area (Å²) < 4.78 is 43.1. The fraction of sp³-hybridized carbons (Fsp3) is 0.414. The fourth-order valence-corrected chi connectivity index (χ4v) is 7.41. The van der Waals surface area contributed by atoms with Gasteiger partial charge in [-0.3, -0.25) is 14.0 Å². The van der Waals surface area contributed by atoms with Crippen molar-refractivity contribution in [3.63, 3.8) is 0 Å². The van der Waals surface area contributed by atoms with Gasteiger partial charge >= 0.3 is 0 Å². The number of amides is 1. The van der Waals surface area contributed by atoms with Crippen LogP contribution < -0.4 is 5.32 Å². The molecule has 1 fully saturated rings. The lowest BCUT2D eigenvalue weighted by Gasteiger charge is -2.31. The van der Waals surface area contributed by atoms with Crippen molar-refractivity contribution in [1.82, 2.24) is 29.5 Å². The number of benzene rings is 2. The number of alkyl halides is 1. The molecule has 0 radical (unpaired) electrons. The van der Waals surface area contributed by atoms with E-state index in [-0.39, 0.29) is 17.4 Å². The van der Waals surface area contributed by atoms with Gasteiger partial charge in [-0.1, -0.05) is 41.6 Å². The summed E-state index contributed by atoms with van der Waals surface area (Å²) in [5, 5.41) is 11.4. The molecule has 2 aliphatic heterocycles. The van der Waals surface area contributed by atoms with Gasteiger partial charge in [0, 0.05) is 44.7 Å². The molecule has 1 amide bonds. The predicted molar refractivity (Wildman–Crippen MR) is 147 cm³/mol. The van der Waals surface area contributed by atoms with Gasteiger partial charge in [0.1, 0.15) is 12.2 Å². The van der Waals surface area contributed by atoms with Gasteiger partial charge in [-0.25, -0.2) is 17.5 Å². The van der Waals surface area contributed by atoms with Crippen molar-refractivity contribution in [2.24, 2.45) is 0 Å². The number of fused-ring (bicyclic) bond motifs is 1. The van der Waals surface area contributed by atoms with Crippen molar-refractivity contribution in [1.29, 1.82) is 0 Å². The Morgan fingerprint density at radius 3 is 2.65 bits per heavy atom. The Morgan fingerprint density at radius 1 is 1.05 bits per heavy atom. The largest absolute Gasteiger partial charge is 0.329 e. The fourth-order valence-electron chi connectivity index (χ4n) is 5.94. The number of carbonyl (C=O) groups excluding carboxylic acids is 1. The Morgan fingerprint density at radius 2 is 1.85 bits per heavy atom. The number of hydrogen-bond donors (Lipinski definition) is 1. The van der Waals surface area contributed by atoms with Crippen LogP contribution in [0, 0.1) is 0 Å². The van der Waals surface area contributed by atoms with E-state index < -0.39 is 28.1 Å². The quantitative estimate of drug-likeness (QED) is 0.473. The number of carbonyl (C=O) groups is 1. The van der Waals surface area contributed by atoms with E-state index in [1.165, 1.54) is 41.2 Å². The van der Waals surface area contributed by atoms with Crippen molar-refractivity contribution in [3.8, 4) is 0 Å². The number of rotatable bonds is 7. The second-order valence-electron chi connectivity index (χ2n) is 10.8. The molecular formula is C29H33FN6O3S. The highest BCUT2D eigenvalue weighted by Crippen LogP contribution is 2.34. The van der Waals surface area contributed by atoms with Crippen molar-refractivity contribution in [3.05, 3.63) is 89.5 Å². The zero-order valence-electron chi connectivity index (χ0n) is 22.2. The molecule has 11 heteroatoms. The van der Waals surface area contributed by atoms with E-state index in [2.05, 4.69) is 38.7 Å². The Balaban J connectivity index is 1.19. The van der Waals surface area contributed by atoms with E-state index in [1.54, 1.807) is 18.2 Å². The van der Waals surface area contributed by atoms with Crippen LogP contribution in [0.25, 0.3) is 0 Å². The number of nitrogens with zero attached hydrogens (tertiary/aromatic N) is 5. The van der Waals surface area contributed by atoms with E-state index in [4.69, 9.17) is 0 Å². The van der Waals surface area contributed by atoms with Crippen molar-refractivity contribution >= 4 is 15.9 Å². The molecule has 0 saturated carbocycles. The lowest BCUT2D eigenvalue weighted by molar-refractivity contribution is -0.124. The minimum Gasteiger partial charge on any atom is -0.329 e. The summed E-state index contributed by atoms with van der Waals surface area (Å²) in [6.07, 6.45) is 8.11. The molecule has 0 bridgehead atoms. The van der Waals surface area contributed by atoms with Crippen LogP contribution in [0.2, 0.25) is 0 Å². The number of hydrogen-bond acceptors (Lipinski definition) is 6. The third-order valence-corrected chi connectivity index (χ3v) is 9.87. The second kappa shape index (κ2) is 11.1. The number of halogens is 1. The molecule has 0 spiro atoms. The predicted octanol–water partition coefficient (Wildman–Crippen LogP) is 3.34. The summed E-state index contributed by atoms with van der Waals surface area (Å²) >= 11 is 0. The van der Waals surface area contributed by atoms with Gasteiger partial charge in [-0.05, 0) is 60.9 Å². The van der Waals surface area contributed by atoms with Crippen LogP contribution in [0.5, 0.6) is 0 Å². The van der Waals surface area contributed by atoms with Gasteiger partial charge in [0.15, 0.2) is 0 Å². The first kappa shape index (κ1) is 26.6. The summed E-state index contributed by atoms with van der Waals surface area (Å²) in [6, 6.07) is 13.7. The Bertz CT molecular complexity index is 1500. The van der Waals surface area contributed by atoms with Gasteiger partial charge < -0.3 is 5.32 Å². The minimum absolute atomic E-state index is 0.0190. The van der Waals surface area contributed by atoms with E-state index in [1.807, 2.05) is 10.9 Å². The zero-order chi connectivity index (χ0) is 27.7. The number of nitrogens with one attached hydrogen (secondary N) is 1. The topological polar surface area (TPSA) is 100 Å². The molecule has 3 aliphatic rings. The molecule has 2 aromatic carbocycles. The summed E-state index contributed by atoms with van der Waals surface area (Å²) in [4.78, 5) is 15.2. The van der Waals surface area contributed by atoms with Crippen LogP contribution in [0.1, 0.15) is 54.1 Å².